The summed E-state index contributed by atoms with van der Waals surface area (Å²) in [6.07, 6.45) is 0. The molecule has 2 aromatic rings. The van der Waals surface area contributed by atoms with Crippen LogP contribution in [0.5, 0.6) is 0 Å². The summed E-state index contributed by atoms with van der Waals surface area (Å²) in [5, 5.41) is 0. The lowest BCUT2D eigenvalue weighted by molar-refractivity contribution is 0.0739. The summed E-state index contributed by atoms with van der Waals surface area (Å²) in [7, 11) is -4.14. The number of hydrogen-bond acceptors (Lipinski definition) is 4. The Balaban J connectivity index is 2.13. The molecule has 0 atom stereocenters. The predicted molar refractivity (Wildman–Crippen MR) is 78.3 cm³/mol. The maximum atomic E-state index is 12.4. The van der Waals surface area contributed by atoms with E-state index in [-0.39, 0.29) is 16.0 Å². The molecule has 0 unspecified atom stereocenters. The van der Waals surface area contributed by atoms with E-state index in [1.165, 1.54) is 30.3 Å². The van der Waals surface area contributed by atoms with Crippen LogP contribution in [0.2, 0.25) is 0 Å². The Morgan fingerprint density at radius 3 is 2.43 bits per heavy atom. The minimum atomic E-state index is -4.14. The highest BCUT2D eigenvalue weighted by atomic mass is 79.9. The Morgan fingerprint density at radius 1 is 1.05 bits per heavy atom. The van der Waals surface area contributed by atoms with E-state index < -0.39 is 21.8 Å². The smallest absolute Gasteiger partial charge is 0.267 e. The third kappa shape index (κ3) is 2.09. The highest BCUT2D eigenvalue weighted by Gasteiger charge is 2.45. The molecule has 0 aliphatic carbocycles. The molecular weight excluding hydrogens is 358 g/mol. The topological polar surface area (TPSA) is 71.5 Å². The van der Waals surface area contributed by atoms with Crippen molar-refractivity contribution in [3.05, 3.63) is 64.1 Å². The van der Waals surface area contributed by atoms with Crippen molar-refractivity contribution in [3.8, 4) is 0 Å². The van der Waals surface area contributed by atoms with Gasteiger partial charge in [-0.3, -0.25) is 9.59 Å². The van der Waals surface area contributed by atoms with Crippen molar-refractivity contribution in [1.82, 2.24) is 4.31 Å². The van der Waals surface area contributed by atoms with Gasteiger partial charge in [0.25, 0.3) is 21.8 Å². The average molecular weight is 366 g/mol. The fourth-order valence-corrected chi connectivity index (χ4v) is 4.05. The molecule has 0 aromatic heterocycles. The van der Waals surface area contributed by atoms with E-state index in [2.05, 4.69) is 15.9 Å². The lowest BCUT2D eigenvalue weighted by Crippen LogP contribution is -2.36. The van der Waals surface area contributed by atoms with Crippen molar-refractivity contribution in [2.75, 3.05) is 0 Å². The molecule has 0 spiro atoms. The van der Waals surface area contributed by atoms with Gasteiger partial charge in [-0.15, -0.1) is 0 Å². The quantitative estimate of drug-likeness (QED) is 0.727. The Labute approximate surface area is 129 Å². The molecular formula is C14H8BrNO4S. The largest absolute Gasteiger partial charge is 0.276 e. The SMILES string of the molecule is O=C(c1cccc(Br)c1)N1C(=O)c2ccccc2S1(=O)=O. The van der Waals surface area contributed by atoms with E-state index >= 15 is 0 Å². The number of rotatable bonds is 1. The first-order valence-corrected chi connectivity index (χ1v) is 8.15. The zero-order valence-corrected chi connectivity index (χ0v) is 12.9. The number of amides is 2. The van der Waals surface area contributed by atoms with Crippen LogP contribution in [-0.4, -0.2) is 24.5 Å². The van der Waals surface area contributed by atoms with E-state index in [0.29, 0.717) is 8.78 Å². The number of sulfonamides is 1. The number of carbonyl (C=O) groups is 2. The molecule has 0 saturated heterocycles. The first-order valence-electron chi connectivity index (χ1n) is 5.91. The van der Waals surface area contributed by atoms with E-state index in [0.717, 1.165) is 0 Å². The van der Waals surface area contributed by atoms with Crippen LogP contribution in [-0.2, 0) is 10.0 Å². The zero-order valence-electron chi connectivity index (χ0n) is 10.5. The van der Waals surface area contributed by atoms with Crippen LogP contribution in [0.4, 0.5) is 0 Å². The van der Waals surface area contributed by atoms with Gasteiger partial charge in [-0.1, -0.05) is 34.1 Å². The normalized spacial score (nSPS) is 15.9. The summed E-state index contributed by atoms with van der Waals surface area (Å²) >= 11 is 3.21. The van der Waals surface area contributed by atoms with Gasteiger partial charge in [-0.25, -0.2) is 8.42 Å². The second-order valence-electron chi connectivity index (χ2n) is 4.39. The second-order valence-corrected chi connectivity index (χ2v) is 7.06. The van der Waals surface area contributed by atoms with Crippen LogP contribution in [0, 0.1) is 0 Å². The molecule has 1 aliphatic rings. The number of benzene rings is 2. The number of imide groups is 1. The average Bonchev–Trinajstić information content (AvgIpc) is 2.66. The standard InChI is InChI=1S/C14H8BrNO4S/c15-10-5-3-4-9(8-10)13(17)16-14(18)11-6-1-2-7-12(11)21(16,19)20/h1-8H. The first kappa shape index (κ1) is 14.0. The minimum absolute atomic E-state index is 0.0147. The number of carbonyl (C=O) groups excluding carboxylic acids is 2. The zero-order chi connectivity index (χ0) is 15.2. The molecule has 7 heteroatoms. The van der Waals surface area contributed by atoms with Gasteiger partial charge in [0.05, 0.1) is 5.56 Å². The van der Waals surface area contributed by atoms with Crippen molar-refractivity contribution in [2.24, 2.45) is 0 Å². The molecule has 2 aromatic carbocycles. The van der Waals surface area contributed by atoms with Crippen molar-refractivity contribution in [2.45, 2.75) is 4.90 Å². The van der Waals surface area contributed by atoms with Crippen LogP contribution >= 0.6 is 15.9 Å². The third-order valence-corrected chi connectivity index (χ3v) is 5.29. The number of hydrogen-bond donors (Lipinski definition) is 0. The monoisotopic (exact) mass is 365 g/mol. The second kappa shape index (κ2) is 4.78. The van der Waals surface area contributed by atoms with Crippen molar-refractivity contribution >= 4 is 37.8 Å². The fourth-order valence-electron chi connectivity index (χ4n) is 2.13. The first-order chi connectivity index (χ1) is 9.93. The molecule has 1 aliphatic heterocycles. The maximum absolute atomic E-state index is 12.4. The summed E-state index contributed by atoms with van der Waals surface area (Å²) < 4.78 is 25.7. The van der Waals surface area contributed by atoms with Gasteiger partial charge >= 0.3 is 0 Å². The van der Waals surface area contributed by atoms with E-state index in [9.17, 15) is 18.0 Å². The maximum Gasteiger partial charge on any atom is 0.276 e. The third-order valence-electron chi connectivity index (χ3n) is 3.08. The number of halogens is 1. The summed E-state index contributed by atoms with van der Waals surface area (Å²) in [5.74, 6) is -1.69. The molecule has 0 fully saturated rings. The summed E-state index contributed by atoms with van der Waals surface area (Å²) in [5.41, 5.74) is 0.134. The van der Waals surface area contributed by atoms with Crippen molar-refractivity contribution in [3.63, 3.8) is 0 Å². The summed E-state index contributed by atoms with van der Waals surface area (Å²) in [6, 6.07) is 12.0. The fraction of sp³-hybridized carbons (Fsp3) is 0. The van der Waals surface area contributed by atoms with Crippen LogP contribution in [0.25, 0.3) is 0 Å². The van der Waals surface area contributed by atoms with Gasteiger partial charge in [0, 0.05) is 10.0 Å². The number of nitrogens with zero attached hydrogens (tertiary/aromatic N) is 1. The molecule has 2 amide bonds. The molecule has 1 heterocycles. The molecule has 3 rings (SSSR count). The summed E-state index contributed by atoms with van der Waals surface area (Å²) in [4.78, 5) is 24.5. The Hall–Kier alpha value is -1.99. The number of fused-ring (bicyclic) bond motifs is 1. The lowest BCUT2D eigenvalue weighted by Gasteiger charge is -2.13. The van der Waals surface area contributed by atoms with Crippen LogP contribution < -0.4 is 0 Å². The van der Waals surface area contributed by atoms with Crippen LogP contribution in [0.3, 0.4) is 0 Å². The Bertz CT molecular complexity index is 876. The van der Waals surface area contributed by atoms with Gasteiger partial charge in [0.15, 0.2) is 0 Å². The molecule has 0 N–H and O–H groups in total. The van der Waals surface area contributed by atoms with Crippen molar-refractivity contribution in [1.29, 1.82) is 0 Å². The van der Waals surface area contributed by atoms with E-state index in [1.807, 2.05) is 0 Å². The highest BCUT2D eigenvalue weighted by Crippen LogP contribution is 2.31. The van der Waals surface area contributed by atoms with Crippen LogP contribution in [0.15, 0.2) is 57.9 Å². The Kier molecular flexibility index (Phi) is 3.18. The van der Waals surface area contributed by atoms with Gasteiger partial charge in [0.2, 0.25) is 0 Å². The molecule has 21 heavy (non-hydrogen) atoms. The molecule has 0 saturated carbocycles. The molecule has 0 radical (unpaired) electrons. The van der Waals surface area contributed by atoms with Gasteiger partial charge in [-0.05, 0) is 30.3 Å². The van der Waals surface area contributed by atoms with Crippen molar-refractivity contribution < 1.29 is 18.0 Å². The highest BCUT2D eigenvalue weighted by molar-refractivity contribution is 9.10. The summed E-state index contributed by atoms with van der Waals surface area (Å²) in [6.45, 7) is 0. The predicted octanol–water partition coefficient (Wildman–Crippen LogP) is 2.43. The Morgan fingerprint density at radius 2 is 1.76 bits per heavy atom. The molecule has 0 bridgehead atoms. The van der Waals surface area contributed by atoms with Gasteiger partial charge in [-0.2, -0.15) is 4.31 Å². The lowest BCUT2D eigenvalue weighted by atomic mass is 10.2. The van der Waals surface area contributed by atoms with Crippen LogP contribution in [0.1, 0.15) is 20.7 Å². The van der Waals surface area contributed by atoms with E-state index in [1.54, 1.807) is 18.2 Å². The van der Waals surface area contributed by atoms with Gasteiger partial charge < -0.3 is 0 Å². The molecule has 5 nitrogen and oxygen atoms in total. The molecule has 106 valence electrons. The van der Waals surface area contributed by atoms with E-state index in [4.69, 9.17) is 0 Å². The minimum Gasteiger partial charge on any atom is -0.267 e. The van der Waals surface area contributed by atoms with Gasteiger partial charge in [0.1, 0.15) is 4.90 Å².